The maximum atomic E-state index is 12.3. The second-order valence-corrected chi connectivity index (χ2v) is 6.58. The standard InChI is InChI=1S/C21H22N4O/c22-11-15-25(16-12-23)21(26)10-14-24-13-4-9-20(24)19-8-3-6-17-5-1-2-7-18(17)19/h1-3,5-8,20H,4,9-10,13-16H2/t20-/m0/s1. The fourth-order valence-corrected chi connectivity index (χ4v) is 3.79. The second-order valence-electron chi connectivity index (χ2n) is 6.58. The summed E-state index contributed by atoms with van der Waals surface area (Å²) < 4.78 is 0. The van der Waals surface area contributed by atoms with Gasteiger partial charge >= 0.3 is 0 Å². The summed E-state index contributed by atoms with van der Waals surface area (Å²) in [7, 11) is 0. The molecule has 1 aliphatic rings. The average Bonchev–Trinajstić information content (AvgIpc) is 3.14. The van der Waals surface area contributed by atoms with Crippen LogP contribution in [0.1, 0.15) is 30.9 Å². The quantitative estimate of drug-likeness (QED) is 0.753. The lowest BCUT2D eigenvalue weighted by molar-refractivity contribution is -0.130. The Morgan fingerprint density at radius 2 is 1.85 bits per heavy atom. The molecule has 0 spiro atoms. The van der Waals surface area contributed by atoms with Crippen molar-refractivity contribution in [1.29, 1.82) is 10.5 Å². The number of carbonyl (C=O) groups is 1. The zero-order valence-corrected chi connectivity index (χ0v) is 14.8. The number of likely N-dealkylation sites (tertiary alicyclic amines) is 1. The summed E-state index contributed by atoms with van der Waals surface area (Å²) in [6.07, 6.45) is 2.54. The molecular formula is C21H22N4O. The van der Waals surface area contributed by atoms with Gasteiger partial charge in [0.05, 0.1) is 12.1 Å². The molecule has 1 atom stereocenters. The van der Waals surface area contributed by atoms with Gasteiger partial charge in [-0.25, -0.2) is 0 Å². The van der Waals surface area contributed by atoms with Crippen LogP contribution in [0.4, 0.5) is 0 Å². The highest BCUT2D eigenvalue weighted by Crippen LogP contribution is 2.35. The first kappa shape index (κ1) is 17.9. The number of benzene rings is 2. The zero-order valence-electron chi connectivity index (χ0n) is 14.8. The number of nitriles is 2. The van der Waals surface area contributed by atoms with E-state index in [0.29, 0.717) is 19.0 Å². The van der Waals surface area contributed by atoms with Gasteiger partial charge in [-0.15, -0.1) is 0 Å². The summed E-state index contributed by atoms with van der Waals surface area (Å²) in [5.74, 6) is -0.128. The molecule has 1 aliphatic heterocycles. The van der Waals surface area contributed by atoms with Crippen LogP contribution in [0, 0.1) is 22.7 Å². The Balaban J connectivity index is 1.72. The topological polar surface area (TPSA) is 71.1 Å². The zero-order chi connectivity index (χ0) is 18.4. The van der Waals surface area contributed by atoms with Crippen LogP contribution in [0.3, 0.4) is 0 Å². The third-order valence-corrected chi connectivity index (χ3v) is 5.03. The Kier molecular flexibility index (Phi) is 5.84. The number of fused-ring (bicyclic) bond motifs is 1. The van der Waals surface area contributed by atoms with Crippen molar-refractivity contribution in [2.24, 2.45) is 0 Å². The van der Waals surface area contributed by atoms with Crippen molar-refractivity contribution in [3.8, 4) is 12.1 Å². The first-order valence-electron chi connectivity index (χ1n) is 8.98. The Morgan fingerprint density at radius 3 is 2.62 bits per heavy atom. The average molecular weight is 346 g/mol. The van der Waals surface area contributed by atoms with Crippen molar-refractivity contribution in [2.45, 2.75) is 25.3 Å². The highest BCUT2D eigenvalue weighted by Gasteiger charge is 2.27. The van der Waals surface area contributed by atoms with Crippen LogP contribution in [-0.2, 0) is 4.79 Å². The lowest BCUT2D eigenvalue weighted by atomic mass is 9.97. The van der Waals surface area contributed by atoms with Crippen molar-refractivity contribution in [3.63, 3.8) is 0 Å². The molecule has 0 aliphatic carbocycles. The summed E-state index contributed by atoms with van der Waals surface area (Å²) in [4.78, 5) is 16.0. The third kappa shape index (κ3) is 3.85. The van der Waals surface area contributed by atoms with Crippen LogP contribution in [0.15, 0.2) is 42.5 Å². The Bertz CT molecular complexity index is 843. The highest BCUT2D eigenvalue weighted by atomic mass is 16.2. The molecule has 0 bridgehead atoms. The van der Waals surface area contributed by atoms with Gasteiger partial charge in [0.15, 0.2) is 0 Å². The van der Waals surface area contributed by atoms with Crippen molar-refractivity contribution in [2.75, 3.05) is 26.2 Å². The number of hydrogen-bond acceptors (Lipinski definition) is 4. The van der Waals surface area contributed by atoms with Crippen LogP contribution in [0.2, 0.25) is 0 Å². The summed E-state index contributed by atoms with van der Waals surface area (Å²) in [6, 6.07) is 19.0. The molecule has 1 heterocycles. The van der Waals surface area contributed by atoms with Crippen LogP contribution >= 0.6 is 0 Å². The normalized spacial score (nSPS) is 16.9. The van der Waals surface area contributed by atoms with Gasteiger partial charge in [0, 0.05) is 19.0 Å². The second kappa shape index (κ2) is 8.47. The third-order valence-electron chi connectivity index (χ3n) is 5.03. The van der Waals surface area contributed by atoms with E-state index >= 15 is 0 Å². The minimum atomic E-state index is -0.128. The van der Waals surface area contributed by atoms with Gasteiger partial charge in [-0.05, 0) is 35.7 Å². The molecule has 2 aromatic carbocycles. The van der Waals surface area contributed by atoms with Crippen LogP contribution in [0.25, 0.3) is 10.8 Å². The van der Waals surface area contributed by atoms with Gasteiger partial charge in [-0.1, -0.05) is 42.5 Å². The van der Waals surface area contributed by atoms with E-state index in [2.05, 4.69) is 47.4 Å². The number of rotatable bonds is 6. The maximum Gasteiger partial charge on any atom is 0.225 e. The predicted octanol–water partition coefficient (Wildman–Crippen LogP) is 3.24. The number of nitrogens with zero attached hydrogens (tertiary/aromatic N) is 4. The van der Waals surface area contributed by atoms with Crippen molar-refractivity contribution >= 4 is 16.7 Å². The number of amides is 1. The van der Waals surface area contributed by atoms with E-state index in [-0.39, 0.29) is 19.0 Å². The fraction of sp³-hybridized carbons (Fsp3) is 0.381. The monoisotopic (exact) mass is 346 g/mol. The van der Waals surface area contributed by atoms with Crippen molar-refractivity contribution in [1.82, 2.24) is 9.80 Å². The number of hydrogen-bond donors (Lipinski definition) is 0. The van der Waals surface area contributed by atoms with Gasteiger partial charge in [-0.3, -0.25) is 9.69 Å². The highest BCUT2D eigenvalue weighted by molar-refractivity contribution is 5.86. The molecule has 2 aromatic rings. The SMILES string of the molecule is N#CCN(CC#N)C(=O)CCN1CCC[C@H]1c1cccc2ccccc12. The molecule has 1 amide bonds. The van der Waals surface area contributed by atoms with E-state index in [0.717, 1.165) is 19.4 Å². The maximum absolute atomic E-state index is 12.3. The van der Waals surface area contributed by atoms with E-state index in [1.165, 1.54) is 21.2 Å². The smallest absolute Gasteiger partial charge is 0.225 e. The fourth-order valence-electron chi connectivity index (χ4n) is 3.79. The van der Waals surface area contributed by atoms with E-state index in [4.69, 9.17) is 10.5 Å². The minimum Gasteiger partial charge on any atom is -0.316 e. The molecule has 0 saturated carbocycles. The van der Waals surface area contributed by atoms with Crippen LogP contribution in [0.5, 0.6) is 0 Å². The summed E-state index contributed by atoms with van der Waals surface area (Å²) in [5, 5.41) is 20.1. The first-order valence-corrected chi connectivity index (χ1v) is 8.98. The van der Waals surface area contributed by atoms with Gasteiger partial charge in [0.1, 0.15) is 13.1 Å². The molecule has 5 nitrogen and oxygen atoms in total. The molecular weight excluding hydrogens is 324 g/mol. The molecule has 132 valence electrons. The molecule has 0 radical (unpaired) electrons. The Morgan fingerprint density at radius 1 is 1.12 bits per heavy atom. The van der Waals surface area contributed by atoms with Gasteiger partial charge in [-0.2, -0.15) is 10.5 Å². The van der Waals surface area contributed by atoms with Crippen LogP contribution in [-0.4, -0.2) is 41.9 Å². The van der Waals surface area contributed by atoms with Crippen molar-refractivity contribution < 1.29 is 4.79 Å². The van der Waals surface area contributed by atoms with Crippen LogP contribution < -0.4 is 0 Å². The van der Waals surface area contributed by atoms with Gasteiger partial charge in [0.25, 0.3) is 0 Å². The molecule has 1 saturated heterocycles. The molecule has 1 fully saturated rings. The van der Waals surface area contributed by atoms with Gasteiger partial charge in [0.2, 0.25) is 5.91 Å². The molecule has 26 heavy (non-hydrogen) atoms. The molecule has 3 rings (SSSR count). The lowest BCUT2D eigenvalue weighted by Gasteiger charge is -2.26. The van der Waals surface area contributed by atoms with E-state index in [1.54, 1.807) is 0 Å². The summed E-state index contributed by atoms with van der Waals surface area (Å²) in [5.41, 5.74) is 1.32. The Hall–Kier alpha value is -2.89. The van der Waals surface area contributed by atoms with Crippen molar-refractivity contribution in [3.05, 3.63) is 48.0 Å². The minimum absolute atomic E-state index is 0.0286. The van der Waals surface area contributed by atoms with E-state index in [1.807, 2.05) is 12.1 Å². The summed E-state index contributed by atoms with van der Waals surface area (Å²) in [6.45, 7) is 1.57. The molecule has 0 N–H and O–H groups in total. The number of carbonyl (C=O) groups excluding carboxylic acids is 1. The molecule has 5 heteroatoms. The van der Waals surface area contributed by atoms with Gasteiger partial charge < -0.3 is 4.90 Å². The predicted molar refractivity (Wildman–Crippen MR) is 99.9 cm³/mol. The largest absolute Gasteiger partial charge is 0.316 e. The molecule has 0 aromatic heterocycles. The first-order chi connectivity index (χ1) is 12.7. The molecule has 0 unspecified atom stereocenters. The van der Waals surface area contributed by atoms with E-state index in [9.17, 15) is 4.79 Å². The lowest BCUT2D eigenvalue weighted by Crippen LogP contribution is -2.35. The van der Waals surface area contributed by atoms with E-state index < -0.39 is 0 Å². The summed E-state index contributed by atoms with van der Waals surface area (Å²) >= 11 is 0. The Labute approximate surface area is 154 Å².